The van der Waals surface area contributed by atoms with Crippen LogP contribution in [0.4, 0.5) is 5.69 Å². The van der Waals surface area contributed by atoms with Gasteiger partial charge in [-0.2, -0.15) is 4.98 Å². The summed E-state index contributed by atoms with van der Waals surface area (Å²) in [6.45, 7) is 0. The van der Waals surface area contributed by atoms with Crippen molar-refractivity contribution in [2.24, 2.45) is 0 Å². The van der Waals surface area contributed by atoms with Crippen LogP contribution < -0.4 is 10.1 Å². The molecule has 0 spiro atoms. The molecule has 144 valence electrons. The molecule has 29 heavy (non-hydrogen) atoms. The average Bonchev–Trinajstić information content (AvgIpc) is 3.25. The first-order chi connectivity index (χ1) is 14.2. The van der Waals surface area contributed by atoms with E-state index in [0.29, 0.717) is 38.8 Å². The highest BCUT2D eigenvalue weighted by atomic mass is 79.9. The van der Waals surface area contributed by atoms with Crippen LogP contribution in [0.1, 0.15) is 10.4 Å². The van der Waals surface area contributed by atoms with Gasteiger partial charge in [0.25, 0.3) is 11.8 Å². The third-order valence-electron chi connectivity index (χ3n) is 4.17. The number of carbonyl (C=O) groups excluding carboxylic acids is 1. The van der Waals surface area contributed by atoms with Gasteiger partial charge in [-0.25, -0.2) is 0 Å². The fraction of sp³-hybridized carbons (Fsp3) is 0.0476. The van der Waals surface area contributed by atoms with E-state index in [-0.39, 0.29) is 5.91 Å². The van der Waals surface area contributed by atoms with Crippen molar-refractivity contribution in [3.05, 3.63) is 77.0 Å². The molecule has 0 aliphatic rings. The topological polar surface area (TPSA) is 90.1 Å². The number of aromatic nitrogens is 3. The maximum Gasteiger partial charge on any atom is 0.260 e. The van der Waals surface area contributed by atoms with Crippen LogP contribution in [-0.2, 0) is 0 Å². The number of hydrogen-bond acceptors (Lipinski definition) is 6. The van der Waals surface area contributed by atoms with E-state index in [1.807, 2.05) is 18.2 Å². The lowest BCUT2D eigenvalue weighted by molar-refractivity contribution is 0.102. The number of methoxy groups -OCH3 is 1. The number of nitrogens with one attached hydrogen (secondary N) is 1. The van der Waals surface area contributed by atoms with Gasteiger partial charge in [0.1, 0.15) is 5.75 Å². The number of amides is 1. The summed E-state index contributed by atoms with van der Waals surface area (Å²) in [5.41, 5.74) is 2.41. The third-order valence-corrected chi connectivity index (χ3v) is 4.79. The Morgan fingerprint density at radius 2 is 2.00 bits per heavy atom. The molecule has 7 nitrogen and oxygen atoms in total. The monoisotopic (exact) mass is 450 g/mol. The van der Waals surface area contributed by atoms with E-state index in [9.17, 15) is 4.79 Å². The Morgan fingerprint density at radius 1 is 1.14 bits per heavy atom. The molecule has 0 saturated carbocycles. The van der Waals surface area contributed by atoms with Gasteiger partial charge in [0, 0.05) is 23.5 Å². The number of ether oxygens (including phenoxy) is 1. The lowest BCUT2D eigenvalue weighted by Crippen LogP contribution is -2.12. The zero-order valence-corrected chi connectivity index (χ0v) is 16.9. The van der Waals surface area contributed by atoms with Crippen LogP contribution >= 0.6 is 15.9 Å². The maximum absolute atomic E-state index is 12.7. The standard InChI is InChI=1S/C21H15BrN4O3/c1-28-18-9-8-13(11-16(18)22)20(27)24-17-7-3-2-6-15(17)21-25-19(26-29-21)14-5-4-10-23-12-14/h2-12H,1H3,(H,24,27). The molecule has 0 fully saturated rings. The summed E-state index contributed by atoms with van der Waals surface area (Å²) in [5.74, 6) is 1.10. The number of para-hydroxylation sites is 1. The highest BCUT2D eigenvalue weighted by Gasteiger charge is 2.16. The van der Waals surface area contributed by atoms with Gasteiger partial charge in [0.15, 0.2) is 0 Å². The lowest BCUT2D eigenvalue weighted by atomic mass is 10.1. The number of carbonyl (C=O) groups is 1. The Morgan fingerprint density at radius 3 is 2.76 bits per heavy atom. The summed E-state index contributed by atoms with van der Waals surface area (Å²) >= 11 is 3.39. The molecule has 2 aromatic carbocycles. The van der Waals surface area contributed by atoms with Gasteiger partial charge in [-0.1, -0.05) is 17.3 Å². The number of benzene rings is 2. The fourth-order valence-electron chi connectivity index (χ4n) is 2.73. The molecule has 0 aliphatic carbocycles. The molecule has 0 atom stereocenters. The summed E-state index contributed by atoms with van der Waals surface area (Å²) in [6.07, 6.45) is 3.33. The van der Waals surface area contributed by atoms with E-state index in [4.69, 9.17) is 9.26 Å². The molecule has 4 aromatic rings. The van der Waals surface area contributed by atoms with Crippen LogP contribution in [0.5, 0.6) is 5.75 Å². The van der Waals surface area contributed by atoms with Crippen molar-refractivity contribution in [2.75, 3.05) is 12.4 Å². The summed E-state index contributed by atoms with van der Waals surface area (Å²) in [6, 6.07) is 16.0. The van der Waals surface area contributed by atoms with E-state index in [1.54, 1.807) is 55.9 Å². The molecule has 0 bridgehead atoms. The molecule has 2 heterocycles. The van der Waals surface area contributed by atoms with E-state index >= 15 is 0 Å². The summed E-state index contributed by atoms with van der Waals surface area (Å²) in [5, 5.41) is 6.91. The number of hydrogen-bond donors (Lipinski definition) is 1. The quantitative estimate of drug-likeness (QED) is 0.468. The van der Waals surface area contributed by atoms with Crippen LogP contribution in [0, 0.1) is 0 Å². The number of anilines is 1. The fourth-order valence-corrected chi connectivity index (χ4v) is 3.27. The first-order valence-electron chi connectivity index (χ1n) is 8.64. The van der Waals surface area contributed by atoms with Crippen molar-refractivity contribution in [1.29, 1.82) is 0 Å². The molecule has 1 amide bonds. The molecule has 8 heteroatoms. The van der Waals surface area contributed by atoms with Gasteiger partial charge in [-0.15, -0.1) is 0 Å². The Hall–Kier alpha value is -3.52. The van der Waals surface area contributed by atoms with Gasteiger partial charge in [0.05, 0.1) is 22.8 Å². The predicted molar refractivity (Wildman–Crippen MR) is 112 cm³/mol. The zero-order chi connectivity index (χ0) is 20.2. The van der Waals surface area contributed by atoms with Crippen molar-refractivity contribution < 1.29 is 14.1 Å². The molecular weight excluding hydrogens is 436 g/mol. The van der Waals surface area contributed by atoms with Gasteiger partial charge in [0.2, 0.25) is 5.82 Å². The minimum Gasteiger partial charge on any atom is -0.496 e. The van der Waals surface area contributed by atoms with Crippen LogP contribution in [0.2, 0.25) is 0 Å². The molecule has 1 N–H and O–H groups in total. The highest BCUT2D eigenvalue weighted by molar-refractivity contribution is 9.10. The lowest BCUT2D eigenvalue weighted by Gasteiger charge is -2.10. The zero-order valence-electron chi connectivity index (χ0n) is 15.3. The Labute approximate surface area is 174 Å². The number of rotatable bonds is 5. The minimum atomic E-state index is -0.271. The maximum atomic E-state index is 12.7. The Balaban J connectivity index is 1.62. The summed E-state index contributed by atoms with van der Waals surface area (Å²) in [4.78, 5) is 21.2. The van der Waals surface area contributed by atoms with E-state index in [0.717, 1.165) is 5.56 Å². The number of pyridine rings is 1. The van der Waals surface area contributed by atoms with Crippen LogP contribution in [0.15, 0.2) is 76.0 Å². The highest BCUT2D eigenvalue weighted by Crippen LogP contribution is 2.30. The van der Waals surface area contributed by atoms with Gasteiger partial charge in [-0.3, -0.25) is 9.78 Å². The molecular formula is C21H15BrN4O3. The smallest absolute Gasteiger partial charge is 0.260 e. The largest absolute Gasteiger partial charge is 0.496 e. The second kappa shape index (κ2) is 8.24. The van der Waals surface area contributed by atoms with Gasteiger partial charge in [-0.05, 0) is 58.4 Å². The van der Waals surface area contributed by atoms with Crippen molar-refractivity contribution in [2.45, 2.75) is 0 Å². The van der Waals surface area contributed by atoms with Crippen molar-refractivity contribution in [3.63, 3.8) is 0 Å². The van der Waals surface area contributed by atoms with Gasteiger partial charge < -0.3 is 14.6 Å². The first kappa shape index (κ1) is 18.8. The molecule has 0 unspecified atom stereocenters. The summed E-state index contributed by atoms with van der Waals surface area (Å²) in [7, 11) is 1.57. The van der Waals surface area contributed by atoms with Crippen LogP contribution in [-0.4, -0.2) is 28.1 Å². The van der Waals surface area contributed by atoms with Gasteiger partial charge >= 0.3 is 0 Å². The van der Waals surface area contributed by atoms with Crippen LogP contribution in [0.25, 0.3) is 22.8 Å². The minimum absolute atomic E-state index is 0.271. The Bertz CT molecular complexity index is 1160. The molecule has 4 rings (SSSR count). The average molecular weight is 451 g/mol. The second-order valence-corrected chi connectivity index (χ2v) is 6.87. The van der Waals surface area contributed by atoms with Crippen molar-refractivity contribution in [3.8, 4) is 28.6 Å². The SMILES string of the molecule is COc1ccc(C(=O)Nc2ccccc2-c2nc(-c3cccnc3)no2)cc1Br. The van der Waals surface area contributed by atoms with E-state index in [2.05, 4.69) is 36.4 Å². The second-order valence-electron chi connectivity index (χ2n) is 6.01. The van der Waals surface area contributed by atoms with Crippen molar-refractivity contribution in [1.82, 2.24) is 15.1 Å². The van der Waals surface area contributed by atoms with Crippen LogP contribution in [0.3, 0.4) is 0 Å². The molecule has 0 aliphatic heterocycles. The van der Waals surface area contributed by atoms with Crippen molar-refractivity contribution >= 4 is 27.5 Å². The number of nitrogens with zero attached hydrogens (tertiary/aromatic N) is 3. The third kappa shape index (κ3) is 4.02. The van der Waals surface area contributed by atoms with E-state index < -0.39 is 0 Å². The van der Waals surface area contributed by atoms with E-state index in [1.165, 1.54) is 0 Å². The Kier molecular flexibility index (Phi) is 5.35. The molecule has 2 aromatic heterocycles. The normalized spacial score (nSPS) is 10.6. The summed E-state index contributed by atoms with van der Waals surface area (Å²) < 4.78 is 11.3. The molecule has 0 radical (unpaired) electrons. The number of halogens is 1. The molecule has 0 saturated heterocycles. The first-order valence-corrected chi connectivity index (χ1v) is 9.43. The predicted octanol–water partition coefficient (Wildman–Crippen LogP) is 4.82.